The zero-order chi connectivity index (χ0) is 13.1. The summed E-state index contributed by atoms with van der Waals surface area (Å²) in [6, 6.07) is 4.40. The second kappa shape index (κ2) is 5.34. The van der Waals surface area contributed by atoms with Crippen molar-refractivity contribution >= 4 is 5.78 Å². The number of halogens is 3. The van der Waals surface area contributed by atoms with E-state index in [1.807, 2.05) is 6.92 Å². The molecule has 0 fully saturated rings. The molecule has 0 radical (unpaired) electrons. The van der Waals surface area contributed by atoms with Gasteiger partial charge in [-0.15, -0.1) is 0 Å². The van der Waals surface area contributed by atoms with Crippen LogP contribution in [0.1, 0.15) is 42.6 Å². The van der Waals surface area contributed by atoms with E-state index in [0.717, 1.165) is 25.0 Å². The van der Waals surface area contributed by atoms with E-state index in [1.165, 1.54) is 12.1 Å². The molecule has 0 spiro atoms. The third kappa shape index (κ3) is 3.58. The summed E-state index contributed by atoms with van der Waals surface area (Å²) in [7, 11) is 0. The van der Waals surface area contributed by atoms with Gasteiger partial charge in [0.1, 0.15) is 0 Å². The van der Waals surface area contributed by atoms with Gasteiger partial charge in [0.2, 0.25) is 0 Å². The maximum Gasteiger partial charge on any atom is 0.416 e. The lowest BCUT2D eigenvalue weighted by Gasteiger charge is -2.10. The second-order valence-electron chi connectivity index (χ2n) is 4.13. The average molecular weight is 244 g/mol. The number of alkyl halides is 3. The first kappa shape index (κ1) is 13.7. The van der Waals surface area contributed by atoms with Crippen molar-refractivity contribution in [2.75, 3.05) is 0 Å². The first-order chi connectivity index (χ1) is 7.86. The molecule has 0 heterocycles. The van der Waals surface area contributed by atoms with Gasteiger partial charge in [-0.05, 0) is 18.6 Å². The van der Waals surface area contributed by atoms with Crippen molar-refractivity contribution in [3.05, 3.63) is 35.4 Å². The summed E-state index contributed by atoms with van der Waals surface area (Å²) in [6.07, 6.45) is -2.72. The van der Waals surface area contributed by atoms with Gasteiger partial charge in [0, 0.05) is 11.5 Å². The highest BCUT2D eigenvalue weighted by Crippen LogP contribution is 2.29. The van der Waals surface area contributed by atoms with Crippen LogP contribution in [0.25, 0.3) is 0 Å². The molecule has 0 saturated carbocycles. The number of benzene rings is 1. The fourth-order valence-corrected chi connectivity index (χ4v) is 1.67. The van der Waals surface area contributed by atoms with Crippen molar-refractivity contribution in [1.29, 1.82) is 0 Å². The van der Waals surface area contributed by atoms with Crippen LogP contribution >= 0.6 is 0 Å². The number of Topliss-reactive ketones (excluding diaryl/α,β-unsaturated/α-hetero) is 1. The van der Waals surface area contributed by atoms with Crippen LogP contribution in [-0.2, 0) is 6.18 Å². The predicted octanol–water partition coefficient (Wildman–Crippen LogP) is 4.32. The first-order valence-electron chi connectivity index (χ1n) is 5.57. The predicted molar refractivity (Wildman–Crippen MR) is 59.8 cm³/mol. The Hall–Kier alpha value is -1.32. The fraction of sp³-hybridized carbons (Fsp3) is 0.462. The number of ketones is 1. The molecule has 0 N–H and O–H groups in total. The Morgan fingerprint density at radius 3 is 2.18 bits per heavy atom. The molecule has 0 aliphatic carbocycles. The van der Waals surface area contributed by atoms with Crippen LogP contribution in [0.5, 0.6) is 0 Å². The van der Waals surface area contributed by atoms with Gasteiger partial charge in [0.25, 0.3) is 0 Å². The minimum Gasteiger partial charge on any atom is -0.294 e. The van der Waals surface area contributed by atoms with Crippen LogP contribution in [0.2, 0.25) is 0 Å². The Kier molecular flexibility index (Phi) is 4.32. The number of rotatable bonds is 4. The van der Waals surface area contributed by atoms with E-state index in [9.17, 15) is 18.0 Å². The molecule has 0 aromatic heterocycles. The molecule has 4 heteroatoms. The van der Waals surface area contributed by atoms with Crippen molar-refractivity contribution in [1.82, 2.24) is 0 Å². The van der Waals surface area contributed by atoms with Crippen LogP contribution < -0.4 is 0 Å². The van der Waals surface area contributed by atoms with Gasteiger partial charge >= 0.3 is 6.18 Å². The SMILES string of the molecule is CCC[C@@H](C)C(=O)c1ccc(C(F)(F)F)cc1. The van der Waals surface area contributed by atoms with Crippen molar-refractivity contribution < 1.29 is 18.0 Å². The van der Waals surface area contributed by atoms with E-state index in [2.05, 4.69) is 0 Å². The topological polar surface area (TPSA) is 17.1 Å². The summed E-state index contributed by atoms with van der Waals surface area (Å²) in [5, 5.41) is 0. The average Bonchev–Trinajstić information content (AvgIpc) is 2.27. The highest BCUT2D eigenvalue weighted by molar-refractivity contribution is 5.97. The number of carbonyl (C=O) groups is 1. The highest BCUT2D eigenvalue weighted by atomic mass is 19.4. The third-order valence-corrected chi connectivity index (χ3v) is 2.67. The lowest BCUT2D eigenvalue weighted by atomic mass is 9.95. The summed E-state index contributed by atoms with van der Waals surface area (Å²) < 4.78 is 36.9. The minimum absolute atomic E-state index is 0.0967. The van der Waals surface area contributed by atoms with Crippen LogP contribution in [0.15, 0.2) is 24.3 Å². The third-order valence-electron chi connectivity index (χ3n) is 2.67. The summed E-state index contributed by atoms with van der Waals surface area (Å²) in [4.78, 5) is 11.8. The van der Waals surface area contributed by atoms with E-state index in [-0.39, 0.29) is 11.7 Å². The quantitative estimate of drug-likeness (QED) is 0.721. The fourth-order valence-electron chi connectivity index (χ4n) is 1.67. The molecule has 1 rings (SSSR count). The molecule has 0 bridgehead atoms. The molecular formula is C13H15F3O. The van der Waals surface area contributed by atoms with Gasteiger partial charge in [-0.3, -0.25) is 4.79 Å². The minimum atomic E-state index is -4.35. The molecule has 1 atom stereocenters. The maximum atomic E-state index is 12.3. The van der Waals surface area contributed by atoms with Crippen molar-refractivity contribution in [3.63, 3.8) is 0 Å². The van der Waals surface area contributed by atoms with E-state index in [4.69, 9.17) is 0 Å². The molecule has 1 aromatic rings. The smallest absolute Gasteiger partial charge is 0.294 e. The van der Waals surface area contributed by atoms with Gasteiger partial charge in [-0.1, -0.05) is 32.4 Å². The molecule has 0 aliphatic rings. The molecule has 0 unspecified atom stereocenters. The Labute approximate surface area is 98.6 Å². The Bertz CT molecular complexity index is 379. The van der Waals surface area contributed by atoms with Crippen LogP contribution in [-0.4, -0.2) is 5.78 Å². The first-order valence-corrected chi connectivity index (χ1v) is 5.57. The maximum absolute atomic E-state index is 12.3. The lowest BCUT2D eigenvalue weighted by molar-refractivity contribution is -0.137. The van der Waals surface area contributed by atoms with E-state index in [1.54, 1.807) is 6.92 Å². The number of hydrogen-bond acceptors (Lipinski definition) is 1. The second-order valence-corrected chi connectivity index (χ2v) is 4.13. The van der Waals surface area contributed by atoms with Gasteiger partial charge in [-0.2, -0.15) is 13.2 Å². The van der Waals surface area contributed by atoms with E-state index >= 15 is 0 Å². The Balaban J connectivity index is 2.84. The standard InChI is InChI=1S/C13H15F3O/c1-3-4-9(2)12(17)10-5-7-11(8-6-10)13(14,15)16/h5-9H,3-4H2,1-2H3/t9-/m1/s1. The van der Waals surface area contributed by atoms with Crippen molar-refractivity contribution in [2.24, 2.45) is 5.92 Å². The zero-order valence-corrected chi connectivity index (χ0v) is 9.84. The monoisotopic (exact) mass is 244 g/mol. The summed E-state index contributed by atoms with van der Waals surface area (Å²) in [5.74, 6) is -0.239. The highest BCUT2D eigenvalue weighted by Gasteiger charge is 2.30. The Morgan fingerprint density at radius 2 is 1.76 bits per heavy atom. The van der Waals surface area contributed by atoms with Gasteiger partial charge in [0.05, 0.1) is 5.56 Å². The molecular weight excluding hydrogens is 229 g/mol. The van der Waals surface area contributed by atoms with Crippen molar-refractivity contribution in [3.8, 4) is 0 Å². The molecule has 0 amide bonds. The van der Waals surface area contributed by atoms with Crippen LogP contribution in [0.4, 0.5) is 13.2 Å². The molecule has 1 nitrogen and oxygen atoms in total. The normalized spacial score (nSPS) is 13.5. The zero-order valence-electron chi connectivity index (χ0n) is 9.84. The largest absolute Gasteiger partial charge is 0.416 e. The summed E-state index contributed by atoms with van der Waals surface area (Å²) in [5.41, 5.74) is -0.379. The van der Waals surface area contributed by atoms with E-state index < -0.39 is 11.7 Å². The molecule has 1 aromatic carbocycles. The molecule has 0 aliphatic heterocycles. The summed E-state index contributed by atoms with van der Waals surface area (Å²) in [6.45, 7) is 3.76. The molecule has 17 heavy (non-hydrogen) atoms. The molecule has 94 valence electrons. The van der Waals surface area contributed by atoms with Gasteiger partial charge in [0.15, 0.2) is 5.78 Å². The molecule has 0 saturated heterocycles. The number of hydrogen-bond donors (Lipinski definition) is 0. The Morgan fingerprint density at radius 1 is 1.24 bits per heavy atom. The van der Waals surface area contributed by atoms with Crippen molar-refractivity contribution in [2.45, 2.75) is 32.9 Å². The lowest BCUT2D eigenvalue weighted by Crippen LogP contribution is -2.12. The number of carbonyl (C=O) groups excluding carboxylic acids is 1. The van der Waals surface area contributed by atoms with E-state index in [0.29, 0.717) is 5.56 Å². The van der Waals surface area contributed by atoms with Crippen LogP contribution in [0, 0.1) is 5.92 Å². The van der Waals surface area contributed by atoms with Crippen LogP contribution in [0.3, 0.4) is 0 Å². The van der Waals surface area contributed by atoms with Gasteiger partial charge < -0.3 is 0 Å². The van der Waals surface area contributed by atoms with Gasteiger partial charge in [-0.25, -0.2) is 0 Å². The summed E-state index contributed by atoms with van der Waals surface area (Å²) >= 11 is 0.